The van der Waals surface area contributed by atoms with Crippen LogP contribution in [0.4, 0.5) is 0 Å². The first-order valence-electron chi connectivity index (χ1n) is 12.2. The fourth-order valence-corrected chi connectivity index (χ4v) is 7.00. The average Bonchev–Trinajstić information content (AvgIpc) is 3.23. The van der Waals surface area contributed by atoms with Gasteiger partial charge in [0, 0.05) is 17.1 Å². The summed E-state index contributed by atoms with van der Waals surface area (Å²) in [4.78, 5) is 28.0. The third-order valence-electron chi connectivity index (χ3n) is 6.39. The molecule has 0 unspecified atom stereocenters. The van der Waals surface area contributed by atoms with Crippen LogP contribution < -0.4 is 5.32 Å². The largest absolute Gasteiger partial charge is 0.353 e. The molecule has 0 saturated heterocycles. The maximum absolute atomic E-state index is 12.6. The summed E-state index contributed by atoms with van der Waals surface area (Å²) in [5, 5.41) is 5.22. The molecule has 1 aliphatic rings. The maximum Gasteiger partial charge on any atom is 0.230 e. The minimum absolute atomic E-state index is 0.0297. The molecule has 0 fully saturated rings. The number of thiophene rings is 1. The van der Waals surface area contributed by atoms with E-state index in [0.29, 0.717) is 5.75 Å². The Morgan fingerprint density at radius 2 is 1.94 bits per heavy atom. The van der Waals surface area contributed by atoms with Crippen molar-refractivity contribution in [1.29, 1.82) is 0 Å². The van der Waals surface area contributed by atoms with E-state index in [1.54, 1.807) is 17.7 Å². The van der Waals surface area contributed by atoms with Gasteiger partial charge in [0.1, 0.15) is 16.2 Å². The number of carbonyl (C=O) groups excluding carboxylic acids is 1. The molecule has 1 N–H and O–H groups in total. The highest BCUT2D eigenvalue weighted by Gasteiger charge is 2.23. The van der Waals surface area contributed by atoms with Crippen LogP contribution in [0.1, 0.15) is 55.5 Å². The number of nitrogens with zero attached hydrogens (tertiary/aromatic N) is 3. The standard InChI is InChI=1S/C27H30N4OS2/c1-3-9-21-19-12-7-8-13-20(19)23-24-25(34-26(23)31-21)27(29-16-28-24)33-15-22(32)30-17(2)14-18-10-5-4-6-11-18/h4-6,10-11,16-17H,3,7-9,12-15H2,1-2H3,(H,30,32)/t17-/m1/s1. The number of amides is 1. The topological polar surface area (TPSA) is 67.8 Å². The first-order chi connectivity index (χ1) is 16.6. The van der Waals surface area contributed by atoms with Crippen molar-refractivity contribution < 1.29 is 4.79 Å². The van der Waals surface area contributed by atoms with Crippen molar-refractivity contribution in [3.05, 3.63) is 59.0 Å². The lowest BCUT2D eigenvalue weighted by molar-refractivity contribution is -0.119. The Morgan fingerprint density at radius 1 is 1.15 bits per heavy atom. The molecule has 7 heteroatoms. The van der Waals surface area contributed by atoms with Gasteiger partial charge in [-0.25, -0.2) is 15.0 Å². The van der Waals surface area contributed by atoms with Crippen molar-refractivity contribution in [2.24, 2.45) is 0 Å². The van der Waals surface area contributed by atoms with Gasteiger partial charge < -0.3 is 5.32 Å². The number of nitrogens with one attached hydrogen (secondary N) is 1. The molecule has 0 aliphatic heterocycles. The Labute approximate surface area is 208 Å². The predicted octanol–water partition coefficient (Wildman–Crippen LogP) is 5.91. The van der Waals surface area contributed by atoms with Crippen LogP contribution in [-0.2, 0) is 30.5 Å². The van der Waals surface area contributed by atoms with Crippen molar-refractivity contribution in [2.45, 2.75) is 69.9 Å². The number of benzene rings is 1. The zero-order valence-electron chi connectivity index (χ0n) is 19.8. The van der Waals surface area contributed by atoms with E-state index in [4.69, 9.17) is 4.98 Å². The number of rotatable bonds is 8. The third kappa shape index (κ3) is 4.82. The van der Waals surface area contributed by atoms with E-state index in [1.807, 2.05) is 25.1 Å². The second-order valence-corrected chi connectivity index (χ2v) is 11.0. The minimum atomic E-state index is 0.0297. The van der Waals surface area contributed by atoms with Gasteiger partial charge in [-0.2, -0.15) is 0 Å². The molecular formula is C27H30N4OS2. The van der Waals surface area contributed by atoms with E-state index in [9.17, 15) is 4.79 Å². The molecule has 5 rings (SSSR count). The van der Waals surface area contributed by atoms with Crippen LogP contribution in [0.5, 0.6) is 0 Å². The van der Waals surface area contributed by atoms with Crippen molar-refractivity contribution in [3.63, 3.8) is 0 Å². The molecule has 3 heterocycles. The van der Waals surface area contributed by atoms with Crippen LogP contribution in [-0.4, -0.2) is 32.7 Å². The van der Waals surface area contributed by atoms with Gasteiger partial charge in [0.05, 0.1) is 16.0 Å². The Balaban J connectivity index is 1.37. The van der Waals surface area contributed by atoms with Crippen molar-refractivity contribution in [2.75, 3.05) is 5.75 Å². The normalized spacial score (nSPS) is 14.3. The summed E-state index contributed by atoms with van der Waals surface area (Å²) < 4.78 is 1.06. The molecule has 34 heavy (non-hydrogen) atoms. The first-order valence-corrected chi connectivity index (χ1v) is 14.0. The van der Waals surface area contributed by atoms with Crippen LogP contribution in [0.3, 0.4) is 0 Å². The molecular weight excluding hydrogens is 460 g/mol. The average molecular weight is 491 g/mol. The highest BCUT2D eigenvalue weighted by Crippen LogP contribution is 2.41. The number of aromatic nitrogens is 3. The molecule has 5 nitrogen and oxygen atoms in total. The van der Waals surface area contributed by atoms with Gasteiger partial charge in [-0.1, -0.05) is 55.4 Å². The Kier molecular flexibility index (Phi) is 7.11. The van der Waals surface area contributed by atoms with E-state index >= 15 is 0 Å². The number of hydrogen-bond acceptors (Lipinski definition) is 6. The number of aryl methyl sites for hydroxylation is 2. The summed E-state index contributed by atoms with van der Waals surface area (Å²) in [6.07, 6.45) is 9.29. The van der Waals surface area contributed by atoms with Crippen LogP contribution in [0.25, 0.3) is 20.4 Å². The Morgan fingerprint density at radius 3 is 2.74 bits per heavy atom. The summed E-state index contributed by atoms with van der Waals surface area (Å²) in [5.74, 6) is 0.369. The number of fused-ring (bicyclic) bond motifs is 5. The van der Waals surface area contributed by atoms with Crippen LogP contribution in [0.15, 0.2) is 41.7 Å². The van der Waals surface area contributed by atoms with Gasteiger partial charge in [-0.3, -0.25) is 4.79 Å². The number of hydrogen-bond donors (Lipinski definition) is 1. The van der Waals surface area contributed by atoms with E-state index in [2.05, 4.69) is 34.3 Å². The lowest BCUT2D eigenvalue weighted by Gasteiger charge is -2.19. The lowest BCUT2D eigenvalue weighted by atomic mass is 9.88. The van der Waals surface area contributed by atoms with E-state index < -0.39 is 0 Å². The van der Waals surface area contributed by atoms with E-state index in [1.165, 1.54) is 52.4 Å². The summed E-state index contributed by atoms with van der Waals surface area (Å²) in [6, 6.07) is 10.3. The number of carbonyl (C=O) groups is 1. The zero-order valence-corrected chi connectivity index (χ0v) is 21.4. The van der Waals surface area contributed by atoms with Crippen LogP contribution in [0.2, 0.25) is 0 Å². The fraction of sp³-hybridized carbons (Fsp3) is 0.407. The van der Waals surface area contributed by atoms with Crippen LogP contribution >= 0.6 is 23.1 Å². The number of thioether (sulfide) groups is 1. The van der Waals surface area contributed by atoms with Gasteiger partial charge in [0.25, 0.3) is 0 Å². The summed E-state index contributed by atoms with van der Waals surface area (Å²) in [6.45, 7) is 4.27. The third-order valence-corrected chi connectivity index (χ3v) is 8.59. The molecule has 0 saturated carbocycles. The molecule has 0 spiro atoms. The molecule has 1 atom stereocenters. The fourth-order valence-electron chi connectivity index (χ4n) is 4.93. The Bertz CT molecular complexity index is 1320. The van der Waals surface area contributed by atoms with E-state index in [-0.39, 0.29) is 11.9 Å². The lowest BCUT2D eigenvalue weighted by Crippen LogP contribution is -2.35. The van der Waals surface area contributed by atoms with Crippen LogP contribution in [0, 0.1) is 0 Å². The highest BCUT2D eigenvalue weighted by molar-refractivity contribution is 8.00. The molecule has 176 valence electrons. The molecule has 0 bridgehead atoms. The SMILES string of the molecule is CCCc1nc2sc3c(SCC(=O)N[C@H](C)Cc4ccccc4)ncnc3c2c2c1CCCC2. The minimum Gasteiger partial charge on any atom is -0.353 e. The monoisotopic (exact) mass is 490 g/mol. The van der Waals surface area contributed by atoms with Gasteiger partial charge in [0.15, 0.2) is 0 Å². The summed E-state index contributed by atoms with van der Waals surface area (Å²) in [7, 11) is 0. The quantitative estimate of drug-likeness (QED) is 0.246. The Hall–Kier alpha value is -2.51. The van der Waals surface area contributed by atoms with Crippen molar-refractivity contribution in [3.8, 4) is 0 Å². The summed E-state index contributed by atoms with van der Waals surface area (Å²) in [5.41, 5.74) is 6.41. The predicted molar refractivity (Wildman–Crippen MR) is 142 cm³/mol. The van der Waals surface area contributed by atoms with E-state index in [0.717, 1.165) is 52.2 Å². The summed E-state index contributed by atoms with van der Waals surface area (Å²) >= 11 is 3.17. The van der Waals surface area contributed by atoms with Crippen molar-refractivity contribution in [1.82, 2.24) is 20.3 Å². The number of pyridine rings is 1. The van der Waals surface area contributed by atoms with Gasteiger partial charge in [0.2, 0.25) is 5.91 Å². The molecule has 1 aromatic carbocycles. The van der Waals surface area contributed by atoms with Gasteiger partial charge >= 0.3 is 0 Å². The molecule has 4 aromatic rings. The highest BCUT2D eigenvalue weighted by atomic mass is 32.2. The maximum atomic E-state index is 12.6. The van der Waals surface area contributed by atoms with Gasteiger partial charge in [-0.15, -0.1) is 11.3 Å². The zero-order chi connectivity index (χ0) is 23.5. The second-order valence-electron chi connectivity index (χ2n) is 9.06. The first kappa shape index (κ1) is 23.2. The molecule has 1 aliphatic carbocycles. The van der Waals surface area contributed by atoms with Gasteiger partial charge in [-0.05, 0) is 62.1 Å². The molecule has 0 radical (unpaired) electrons. The second kappa shape index (κ2) is 10.4. The van der Waals surface area contributed by atoms with Crippen molar-refractivity contribution >= 4 is 49.4 Å². The smallest absolute Gasteiger partial charge is 0.230 e. The molecule has 1 amide bonds. The molecule has 3 aromatic heterocycles.